The highest BCUT2D eigenvalue weighted by Crippen LogP contribution is 2.40. The predicted octanol–water partition coefficient (Wildman–Crippen LogP) is 4.70. The number of amides is 1. The molecule has 0 spiro atoms. The lowest BCUT2D eigenvalue weighted by Gasteiger charge is -2.28. The van der Waals surface area contributed by atoms with Crippen LogP contribution in [0.25, 0.3) is 10.7 Å². The molecule has 150 valence electrons. The zero-order valence-corrected chi connectivity index (χ0v) is 17.9. The van der Waals surface area contributed by atoms with Crippen molar-refractivity contribution in [3.8, 4) is 10.7 Å². The van der Waals surface area contributed by atoms with Crippen LogP contribution in [0.15, 0.2) is 64.8 Å². The van der Waals surface area contributed by atoms with Gasteiger partial charge in [0.1, 0.15) is 6.04 Å². The van der Waals surface area contributed by atoms with E-state index >= 15 is 0 Å². The minimum absolute atomic E-state index is 0.190. The summed E-state index contributed by atoms with van der Waals surface area (Å²) in [6.45, 7) is 3.95. The summed E-state index contributed by atoms with van der Waals surface area (Å²) in [4.78, 5) is 24.2. The van der Waals surface area contributed by atoms with Gasteiger partial charge in [-0.2, -0.15) is 4.98 Å². The molecule has 9 heteroatoms. The molecule has 0 fully saturated rings. The van der Waals surface area contributed by atoms with E-state index in [1.807, 2.05) is 40.6 Å². The van der Waals surface area contributed by atoms with Crippen molar-refractivity contribution in [1.29, 1.82) is 0 Å². The van der Waals surface area contributed by atoms with Gasteiger partial charge in [-0.3, -0.25) is 9.78 Å². The Morgan fingerprint density at radius 2 is 2.07 bits per heavy atom. The van der Waals surface area contributed by atoms with E-state index in [4.69, 9.17) is 10.1 Å². The van der Waals surface area contributed by atoms with Gasteiger partial charge in [0.2, 0.25) is 5.95 Å². The number of hydrogen-bond donors (Lipinski definition) is 2. The Morgan fingerprint density at radius 3 is 2.77 bits per heavy atom. The first-order chi connectivity index (χ1) is 14.6. The highest BCUT2D eigenvalue weighted by molar-refractivity contribution is 7.13. The molecule has 0 bridgehead atoms. The Morgan fingerprint density at radius 1 is 1.17 bits per heavy atom. The van der Waals surface area contributed by atoms with Gasteiger partial charge in [0.05, 0.1) is 22.3 Å². The summed E-state index contributed by atoms with van der Waals surface area (Å²) in [5.74, 6) is 1.09. The summed E-state index contributed by atoms with van der Waals surface area (Å²) in [5, 5.41) is 15.1. The van der Waals surface area contributed by atoms with Crippen LogP contribution in [0.5, 0.6) is 0 Å². The molecule has 0 aliphatic carbocycles. The third-order valence-electron chi connectivity index (χ3n) is 4.91. The van der Waals surface area contributed by atoms with E-state index in [1.54, 1.807) is 41.1 Å². The minimum atomic E-state index is -0.362. The van der Waals surface area contributed by atoms with Gasteiger partial charge in [-0.05, 0) is 54.4 Å². The predicted molar refractivity (Wildman–Crippen MR) is 120 cm³/mol. The number of aryl methyl sites for hydroxylation is 1. The second-order valence-corrected chi connectivity index (χ2v) is 8.81. The van der Waals surface area contributed by atoms with Gasteiger partial charge in [0, 0.05) is 16.8 Å². The van der Waals surface area contributed by atoms with E-state index in [-0.39, 0.29) is 11.9 Å². The Labute approximate surface area is 181 Å². The van der Waals surface area contributed by atoms with Crippen molar-refractivity contribution in [3.05, 3.63) is 75.2 Å². The van der Waals surface area contributed by atoms with Crippen molar-refractivity contribution in [2.75, 3.05) is 10.6 Å². The van der Waals surface area contributed by atoms with E-state index < -0.39 is 0 Å². The average molecular weight is 435 g/mol. The zero-order valence-electron chi connectivity index (χ0n) is 16.3. The third kappa shape index (κ3) is 3.21. The van der Waals surface area contributed by atoms with E-state index in [0.717, 1.165) is 21.0 Å². The molecule has 1 aliphatic heterocycles. The van der Waals surface area contributed by atoms with Crippen LogP contribution in [0.1, 0.15) is 23.4 Å². The average Bonchev–Trinajstić information content (AvgIpc) is 3.48. The normalized spacial score (nSPS) is 15.6. The topological polar surface area (TPSA) is 84.7 Å². The van der Waals surface area contributed by atoms with Gasteiger partial charge in [-0.15, -0.1) is 27.8 Å². The van der Waals surface area contributed by atoms with Gasteiger partial charge in [-0.1, -0.05) is 6.07 Å². The second kappa shape index (κ2) is 7.51. The van der Waals surface area contributed by atoms with Crippen molar-refractivity contribution in [2.24, 2.45) is 0 Å². The first kappa shape index (κ1) is 18.7. The standard InChI is InChI=1S/C21H18N6OS2/c1-12-7-10-30-18(12)17-16(20(28)24-14-5-3-8-22-11-14)13(2)23-21-25-19(26-27(17)21)15-6-4-9-29-15/h3-11,17H,1-2H3,(H,24,28)(H,23,25,26). The molecule has 0 saturated heterocycles. The van der Waals surface area contributed by atoms with Crippen molar-refractivity contribution >= 4 is 40.2 Å². The van der Waals surface area contributed by atoms with Gasteiger partial charge in [-0.25, -0.2) is 4.68 Å². The number of carbonyl (C=O) groups is 1. The number of carbonyl (C=O) groups excluding carboxylic acids is 1. The lowest BCUT2D eigenvalue weighted by molar-refractivity contribution is -0.113. The number of rotatable bonds is 4. The Hall–Kier alpha value is -3.30. The maximum Gasteiger partial charge on any atom is 0.255 e. The number of aromatic nitrogens is 4. The molecule has 0 aromatic carbocycles. The number of pyridine rings is 1. The summed E-state index contributed by atoms with van der Waals surface area (Å²) in [5.41, 5.74) is 3.13. The van der Waals surface area contributed by atoms with Gasteiger partial charge in [0.15, 0.2) is 5.82 Å². The number of allylic oxidation sites excluding steroid dienone is 1. The molecule has 5 heterocycles. The van der Waals surface area contributed by atoms with Crippen LogP contribution in [0.2, 0.25) is 0 Å². The van der Waals surface area contributed by atoms with Crippen LogP contribution < -0.4 is 10.6 Å². The van der Waals surface area contributed by atoms with Crippen LogP contribution in [-0.4, -0.2) is 25.7 Å². The van der Waals surface area contributed by atoms with Gasteiger partial charge in [0.25, 0.3) is 5.91 Å². The SMILES string of the molecule is CC1=C(C(=O)Nc2cccnc2)C(c2sccc2C)n2nc(-c3cccs3)nc2N1. The highest BCUT2D eigenvalue weighted by Gasteiger charge is 2.36. The lowest BCUT2D eigenvalue weighted by Crippen LogP contribution is -2.31. The van der Waals surface area contributed by atoms with E-state index in [0.29, 0.717) is 23.0 Å². The fraction of sp³-hybridized carbons (Fsp3) is 0.143. The molecule has 1 unspecified atom stereocenters. The summed E-state index contributed by atoms with van der Waals surface area (Å²) < 4.78 is 1.82. The third-order valence-corrected chi connectivity index (χ3v) is 6.85. The summed E-state index contributed by atoms with van der Waals surface area (Å²) in [6.07, 6.45) is 3.30. The Kier molecular flexibility index (Phi) is 4.68. The fourth-order valence-corrected chi connectivity index (χ4v) is 5.17. The smallest absolute Gasteiger partial charge is 0.255 e. The Bertz CT molecular complexity index is 1240. The quantitative estimate of drug-likeness (QED) is 0.486. The molecule has 2 N–H and O–H groups in total. The van der Waals surface area contributed by atoms with Crippen LogP contribution in [0.3, 0.4) is 0 Å². The number of nitrogens with zero attached hydrogens (tertiary/aromatic N) is 4. The van der Waals surface area contributed by atoms with E-state index in [2.05, 4.69) is 28.6 Å². The Balaban J connectivity index is 1.61. The molecular formula is C21H18N6OS2. The first-order valence-corrected chi connectivity index (χ1v) is 11.1. The molecule has 1 aliphatic rings. The number of fused-ring (bicyclic) bond motifs is 1. The maximum absolute atomic E-state index is 13.3. The fourth-order valence-electron chi connectivity index (χ4n) is 3.50. The lowest BCUT2D eigenvalue weighted by atomic mass is 9.99. The molecule has 4 aromatic rings. The molecule has 4 aromatic heterocycles. The monoisotopic (exact) mass is 434 g/mol. The van der Waals surface area contributed by atoms with E-state index in [1.165, 1.54) is 0 Å². The molecular weight excluding hydrogens is 416 g/mol. The van der Waals surface area contributed by atoms with Crippen molar-refractivity contribution in [1.82, 2.24) is 19.7 Å². The summed E-state index contributed by atoms with van der Waals surface area (Å²) >= 11 is 3.20. The zero-order chi connectivity index (χ0) is 20.7. The largest absolute Gasteiger partial charge is 0.328 e. The van der Waals surface area contributed by atoms with Crippen molar-refractivity contribution in [2.45, 2.75) is 19.9 Å². The highest BCUT2D eigenvalue weighted by atomic mass is 32.1. The molecule has 1 atom stereocenters. The molecule has 1 amide bonds. The summed E-state index contributed by atoms with van der Waals surface area (Å²) in [7, 11) is 0. The van der Waals surface area contributed by atoms with Crippen LogP contribution in [0, 0.1) is 6.92 Å². The number of hydrogen-bond acceptors (Lipinski definition) is 7. The van der Waals surface area contributed by atoms with Crippen LogP contribution in [0.4, 0.5) is 11.6 Å². The molecule has 5 rings (SSSR count). The minimum Gasteiger partial charge on any atom is -0.328 e. The molecule has 0 saturated carbocycles. The summed E-state index contributed by atoms with van der Waals surface area (Å²) in [6, 6.07) is 9.28. The van der Waals surface area contributed by atoms with Crippen molar-refractivity contribution < 1.29 is 4.79 Å². The van der Waals surface area contributed by atoms with Crippen molar-refractivity contribution in [3.63, 3.8) is 0 Å². The first-order valence-electron chi connectivity index (χ1n) is 9.35. The van der Waals surface area contributed by atoms with Crippen LogP contribution >= 0.6 is 22.7 Å². The number of thiophene rings is 2. The van der Waals surface area contributed by atoms with E-state index in [9.17, 15) is 4.79 Å². The van der Waals surface area contributed by atoms with Gasteiger partial charge >= 0.3 is 0 Å². The second-order valence-electron chi connectivity index (χ2n) is 6.91. The molecule has 7 nitrogen and oxygen atoms in total. The van der Waals surface area contributed by atoms with Crippen LogP contribution in [-0.2, 0) is 4.79 Å². The number of nitrogens with one attached hydrogen (secondary N) is 2. The molecule has 0 radical (unpaired) electrons. The number of anilines is 2. The maximum atomic E-state index is 13.3. The van der Waals surface area contributed by atoms with Gasteiger partial charge < -0.3 is 10.6 Å². The molecule has 30 heavy (non-hydrogen) atoms.